The minimum absolute atomic E-state index is 0.0553. The highest BCUT2D eigenvalue weighted by molar-refractivity contribution is 5.71. The molecule has 166 valence electrons. The van der Waals surface area contributed by atoms with Crippen molar-refractivity contribution in [1.82, 2.24) is 14.7 Å². The topological polar surface area (TPSA) is 30.3 Å². The van der Waals surface area contributed by atoms with Crippen LogP contribution in [0.5, 0.6) is 0 Å². The first-order valence-electron chi connectivity index (χ1n) is 11.0. The monoisotopic (exact) mass is 423 g/mol. The van der Waals surface area contributed by atoms with Gasteiger partial charge in [-0.1, -0.05) is 39.2 Å². The summed E-state index contributed by atoms with van der Waals surface area (Å²) >= 11 is 0. The van der Waals surface area contributed by atoms with Crippen molar-refractivity contribution >= 4 is 5.57 Å². The third kappa shape index (κ3) is 5.70. The molecule has 2 heterocycles. The van der Waals surface area contributed by atoms with Gasteiger partial charge in [-0.15, -0.1) is 13.2 Å². The van der Waals surface area contributed by atoms with Crippen LogP contribution in [0.15, 0.2) is 41.6 Å². The molecule has 0 fully saturated rings. The van der Waals surface area contributed by atoms with Crippen molar-refractivity contribution in [2.45, 2.75) is 77.6 Å². The summed E-state index contributed by atoms with van der Waals surface area (Å²) < 4.78 is 45.6. The summed E-state index contributed by atoms with van der Waals surface area (Å²) in [4.78, 5) is 2.33. The largest absolute Gasteiger partial charge is 0.572 e. The van der Waals surface area contributed by atoms with Gasteiger partial charge in [-0.25, -0.2) is 0 Å². The molecule has 1 aliphatic carbocycles. The number of hydrogen-bond acceptors (Lipinski definition) is 3. The Balaban J connectivity index is 2.03. The molecule has 1 aliphatic heterocycles. The maximum absolute atomic E-state index is 13.1. The van der Waals surface area contributed by atoms with Gasteiger partial charge in [0, 0.05) is 49.6 Å². The minimum atomic E-state index is -4.71. The molecule has 0 saturated carbocycles. The number of aryl methyl sites for hydroxylation is 1. The van der Waals surface area contributed by atoms with Crippen molar-refractivity contribution in [3.05, 3.63) is 47.1 Å². The second-order valence-corrected chi connectivity index (χ2v) is 8.20. The molecule has 0 amide bonds. The number of aromatic nitrogens is 2. The van der Waals surface area contributed by atoms with Crippen LogP contribution in [0.3, 0.4) is 0 Å². The quantitative estimate of drug-likeness (QED) is 0.489. The van der Waals surface area contributed by atoms with E-state index in [0.29, 0.717) is 6.04 Å². The van der Waals surface area contributed by atoms with Crippen LogP contribution in [0.2, 0.25) is 0 Å². The SMILES string of the molecule is CCCCC(CCC)N1CCCC2=C1C=C(OC(F)(F)F)CC(c1cnn(C)c1)=C2. The van der Waals surface area contributed by atoms with Gasteiger partial charge >= 0.3 is 6.36 Å². The third-order valence-electron chi connectivity index (χ3n) is 5.77. The maximum Gasteiger partial charge on any atom is 0.572 e. The number of rotatable bonds is 8. The number of ether oxygens (including phenoxy) is 1. The molecule has 2 aliphatic rings. The number of allylic oxidation sites excluding steroid dienone is 4. The lowest BCUT2D eigenvalue weighted by molar-refractivity contribution is -0.305. The van der Waals surface area contributed by atoms with E-state index in [2.05, 4.69) is 34.7 Å². The summed E-state index contributed by atoms with van der Waals surface area (Å²) in [6.45, 7) is 5.21. The molecule has 0 spiro atoms. The number of unbranched alkanes of at least 4 members (excludes halogenated alkanes) is 1. The van der Waals surface area contributed by atoms with Gasteiger partial charge < -0.3 is 9.64 Å². The average Bonchev–Trinajstić information content (AvgIpc) is 3.02. The molecule has 1 unspecified atom stereocenters. The zero-order valence-electron chi connectivity index (χ0n) is 18.1. The summed E-state index contributed by atoms with van der Waals surface area (Å²) in [5, 5.41) is 4.19. The second kappa shape index (κ2) is 9.75. The lowest BCUT2D eigenvalue weighted by Crippen LogP contribution is -2.37. The summed E-state index contributed by atoms with van der Waals surface area (Å²) in [5.74, 6) is -0.0553. The van der Waals surface area contributed by atoms with E-state index in [1.165, 1.54) is 0 Å². The van der Waals surface area contributed by atoms with E-state index >= 15 is 0 Å². The van der Waals surface area contributed by atoms with Crippen molar-refractivity contribution in [1.29, 1.82) is 0 Å². The molecule has 1 aromatic rings. The van der Waals surface area contributed by atoms with Gasteiger partial charge in [0.05, 0.1) is 6.20 Å². The van der Waals surface area contributed by atoms with Gasteiger partial charge in [-0.05, 0) is 36.8 Å². The summed E-state index contributed by atoms with van der Waals surface area (Å²) in [6.07, 6.45) is 9.88. The minimum Gasteiger partial charge on any atom is -0.410 e. The standard InChI is InChI=1S/C23H32F3N3O/c1-4-6-10-20(8-5-2)29-11-7-9-17-12-18(19-15-27-28(3)16-19)13-21(14-22(17)29)30-23(24,25)26/h12,14-16,20H,4-11,13H2,1-3H3. The highest BCUT2D eigenvalue weighted by Gasteiger charge is 2.34. The normalized spacial score (nSPS) is 18.5. The van der Waals surface area contributed by atoms with E-state index in [9.17, 15) is 13.2 Å². The highest BCUT2D eigenvalue weighted by Crippen LogP contribution is 2.38. The van der Waals surface area contributed by atoms with E-state index in [1.807, 2.05) is 6.20 Å². The van der Waals surface area contributed by atoms with Crippen LogP contribution >= 0.6 is 0 Å². The van der Waals surface area contributed by atoms with E-state index < -0.39 is 6.36 Å². The Bertz CT molecular complexity index is 820. The number of halogens is 3. The van der Waals surface area contributed by atoms with Gasteiger partial charge in [0.2, 0.25) is 0 Å². The molecule has 1 aromatic heterocycles. The molecule has 0 N–H and O–H groups in total. The lowest BCUT2D eigenvalue weighted by Gasteiger charge is -2.38. The maximum atomic E-state index is 13.1. The van der Waals surface area contributed by atoms with Crippen molar-refractivity contribution in [3.8, 4) is 0 Å². The van der Waals surface area contributed by atoms with Crippen LogP contribution in [-0.4, -0.2) is 33.6 Å². The molecule has 0 aromatic carbocycles. The van der Waals surface area contributed by atoms with Crippen LogP contribution in [0.25, 0.3) is 5.57 Å². The van der Waals surface area contributed by atoms with Crippen molar-refractivity contribution < 1.29 is 17.9 Å². The van der Waals surface area contributed by atoms with Crippen LogP contribution in [-0.2, 0) is 11.8 Å². The number of nitrogens with zero attached hydrogens (tertiary/aromatic N) is 3. The lowest BCUT2D eigenvalue weighted by atomic mass is 9.95. The zero-order valence-corrected chi connectivity index (χ0v) is 18.1. The molecule has 30 heavy (non-hydrogen) atoms. The Labute approximate surface area is 177 Å². The fraction of sp³-hybridized carbons (Fsp3) is 0.609. The molecule has 1 atom stereocenters. The smallest absolute Gasteiger partial charge is 0.410 e. The molecule has 0 bridgehead atoms. The molecule has 0 saturated heterocycles. The summed E-state index contributed by atoms with van der Waals surface area (Å²) in [7, 11) is 1.81. The molecule has 3 rings (SSSR count). The Hall–Kier alpha value is -2.18. The molecule has 7 heteroatoms. The van der Waals surface area contributed by atoms with E-state index in [0.717, 1.165) is 73.9 Å². The van der Waals surface area contributed by atoms with Crippen molar-refractivity contribution in [2.75, 3.05) is 6.54 Å². The Morgan fingerprint density at radius 3 is 2.60 bits per heavy atom. The predicted octanol–water partition coefficient (Wildman–Crippen LogP) is 6.34. The third-order valence-corrected chi connectivity index (χ3v) is 5.77. The Morgan fingerprint density at radius 2 is 1.97 bits per heavy atom. The first kappa shape index (κ1) is 22.5. The summed E-state index contributed by atoms with van der Waals surface area (Å²) in [5.41, 5.74) is 3.63. The fourth-order valence-corrected chi connectivity index (χ4v) is 4.44. The highest BCUT2D eigenvalue weighted by atomic mass is 19.4. The van der Waals surface area contributed by atoms with Gasteiger partial charge in [-0.3, -0.25) is 4.68 Å². The Kier molecular flexibility index (Phi) is 7.32. The Morgan fingerprint density at radius 1 is 1.17 bits per heavy atom. The fourth-order valence-electron chi connectivity index (χ4n) is 4.44. The summed E-state index contributed by atoms with van der Waals surface area (Å²) in [6, 6.07) is 0.344. The van der Waals surface area contributed by atoms with Crippen LogP contribution in [0.4, 0.5) is 13.2 Å². The van der Waals surface area contributed by atoms with E-state index in [1.54, 1.807) is 24.0 Å². The first-order chi connectivity index (χ1) is 14.3. The molecule has 4 nitrogen and oxygen atoms in total. The van der Waals surface area contributed by atoms with E-state index in [-0.39, 0.29) is 12.2 Å². The number of alkyl halides is 3. The van der Waals surface area contributed by atoms with Crippen LogP contribution in [0.1, 0.15) is 70.8 Å². The van der Waals surface area contributed by atoms with Gasteiger partial charge in [0.1, 0.15) is 5.76 Å². The molecular formula is C23H32F3N3O. The second-order valence-electron chi connectivity index (χ2n) is 8.20. The van der Waals surface area contributed by atoms with Crippen molar-refractivity contribution in [2.24, 2.45) is 7.05 Å². The van der Waals surface area contributed by atoms with Crippen LogP contribution in [0, 0.1) is 0 Å². The van der Waals surface area contributed by atoms with Gasteiger partial charge in [-0.2, -0.15) is 5.10 Å². The van der Waals surface area contributed by atoms with Gasteiger partial charge in [0.15, 0.2) is 0 Å². The number of hydrogen-bond donors (Lipinski definition) is 0. The first-order valence-corrected chi connectivity index (χ1v) is 11.0. The molecular weight excluding hydrogens is 391 g/mol. The van der Waals surface area contributed by atoms with Crippen LogP contribution < -0.4 is 0 Å². The van der Waals surface area contributed by atoms with Crippen molar-refractivity contribution in [3.63, 3.8) is 0 Å². The average molecular weight is 424 g/mol. The van der Waals surface area contributed by atoms with E-state index in [4.69, 9.17) is 0 Å². The zero-order chi connectivity index (χ0) is 21.7. The van der Waals surface area contributed by atoms with Gasteiger partial charge in [0.25, 0.3) is 0 Å². The predicted molar refractivity (Wildman–Crippen MR) is 112 cm³/mol. The molecule has 0 radical (unpaired) electrons.